The Hall–Kier alpha value is -3.72. The largest absolute Gasteiger partial charge is 0.423 e. The van der Waals surface area contributed by atoms with E-state index >= 15 is 0 Å². The Morgan fingerprint density at radius 2 is 1.58 bits per heavy atom. The van der Waals surface area contributed by atoms with Crippen LogP contribution in [0, 0.1) is 24.0 Å². The molecule has 0 spiro atoms. The van der Waals surface area contributed by atoms with E-state index in [9.17, 15) is 23.3 Å². The zero-order valence-corrected chi connectivity index (χ0v) is 17.9. The minimum absolute atomic E-state index is 0.0845. The van der Waals surface area contributed by atoms with Gasteiger partial charge in [0.2, 0.25) is 0 Å². The molecular formula is C22H20N2O6S. The van der Waals surface area contributed by atoms with Crippen LogP contribution in [0.15, 0.2) is 71.6 Å². The van der Waals surface area contributed by atoms with E-state index in [1.54, 1.807) is 24.3 Å². The summed E-state index contributed by atoms with van der Waals surface area (Å²) in [5.74, 6) is -0.461. The van der Waals surface area contributed by atoms with E-state index in [-0.39, 0.29) is 21.9 Å². The summed E-state index contributed by atoms with van der Waals surface area (Å²) in [4.78, 5) is 22.9. The average Bonchev–Trinajstić information content (AvgIpc) is 2.73. The maximum absolute atomic E-state index is 12.8. The van der Waals surface area contributed by atoms with Crippen LogP contribution in [0.5, 0.6) is 5.75 Å². The van der Waals surface area contributed by atoms with Crippen molar-refractivity contribution in [3.8, 4) is 5.75 Å². The zero-order chi connectivity index (χ0) is 22.8. The number of carbonyl (C=O) groups is 1. The van der Waals surface area contributed by atoms with Gasteiger partial charge in [-0.3, -0.25) is 14.4 Å². The fourth-order valence-corrected chi connectivity index (χ4v) is 4.08. The van der Waals surface area contributed by atoms with Gasteiger partial charge in [-0.25, -0.2) is 13.2 Å². The fraction of sp³-hybridized carbons (Fsp3) is 0.136. The number of esters is 1. The summed E-state index contributed by atoms with van der Waals surface area (Å²) in [5, 5.41) is 10.9. The van der Waals surface area contributed by atoms with Crippen molar-refractivity contribution in [3.63, 3.8) is 0 Å². The SMILES string of the molecule is Cc1ccc(S(=O)(=O)N(C)c2ccc(OC(=O)c3ccc([N+](=O)[O-])c(C)c3)cc2)cc1. The lowest BCUT2D eigenvalue weighted by atomic mass is 10.1. The van der Waals surface area contributed by atoms with Gasteiger partial charge in [-0.1, -0.05) is 17.7 Å². The van der Waals surface area contributed by atoms with Gasteiger partial charge in [0.1, 0.15) is 5.75 Å². The molecule has 3 rings (SSSR count). The van der Waals surface area contributed by atoms with Crippen molar-refractivity contribution in [1.82, 2.24) is 0 Å². The minimum Gasteiger partial charge on any atom is -0.423 e. The molecule has 0 aliphatic heterocycles. The standard InChI is InChI=1S/C22H20N2O6S/c1-15-4-11-20(12-5-15)31(28,29)23(3)18-7-9-19(10-8-18)30-22(25)17-6-13-21(24(26)27)16(2)14-17/h4-14H,1-3H3. The van der Waals surface area contributed by atoms with Crippen molar-refractivity contribution in [3.05, 3.63) is 93.5 Å². The molecule has 0 saturated carbocycles. The van der Waals surface area contributed by atoms with Crippen LogP contribution in [-0.4, -0.2) is 26.4 Å². The van der Waals surface area contributed by atoms with E-state index in [0.29, 0.717) is 11.3 Å². The van der Waals surface area contributed by atoms with Crippen molar-refractivity contribution < 1.29 is 22.9 Å². The molecule has 0 fully saturated rings. The lowest BCUT2D eigenvalue weighted by Crippen LogP contribution is -2.26. The third-order valence-electron chi connectivity index (χ3n) is 4.72. The van der Waals surface area contributed by atoms with Gasteiger partial charge >= 0.3 is 5.97 Å². The second-order valence-corrected chi connectivity index (χ2v) is 8.90. The highest BCUT2D eigenvalue weighted by atomic mass is 32.2. The Morgan fingerprint density at radius 1 is 0.968 bits per heavy atom. The molecule has 0 amide bonds. The van der Waals surface area contributed by atoms with Crippen molar-refractivity contribution >= 4 is 27.4 Å². The van der Waals surface area contributed by atoms with E-state index in [0.717, 1.165) is 9.87 Å². The molecule has 0 heterocycles. The van der Waals surface area contributed by atoms with Gasteiger partial charge in [0.25, 0.3) is 15.7 Å². The number of nitro groups is 1. The smallest absolute Gasteiger partial charge is 0.343 e. The van der Waals surface area contributed by atoms with E-state index in [1.165, 1.54) is 56.4 Å². The highest BCUT2D eigenvalue weighted by Crippen LogP contribution is 2.25. The summed E-state index contributed by atoms with van der Waals surface area (Å²) in [6, 6.07) is 16.5. The van der Waals surface area contributed by atoms with Crippen molar-refractivity contribution in [1.29, 1.82) is 0 Å². The topological polar surface area (TPSA) is 107 Å². The van der Waals surface area contributed by atoms with Crippen LogP contribution < -0.4 is 9.04 Å². The van der Waals surface area contributed by atoms with Crippen LogP contribution in [0.3, 0.4) is 0 Å². The Kier molecular flexibility index (Phi) is 6.07. The molecule has 0 atom stereocenters. The number of ether oxygens (including phenoxy) is 1. The Labute approximate surface area is 179 Å². The third kappa shape index (κ3) is 4.72. The summed E-state index contributed by atoms with van der Waals surface area (Å²) in [6.45, 7) is 3.41. The second kappa shape index (κ2) is 8.57. The van der Waals surface area contributed by atoms with Crippen LogP contribution >= 0.6 is 0 Å². The maximum Gasteiger partial charge on any atom is 0.343 e. The van der Waals surface area contributed by atoms with Crippen LogP contribution in [-0.2, 0) is 10.0 Å². The van der Waals surface area contributed by atoms with Gasteiger partial charge in [0, 0.05) is 18.7 Å². The number of nitro benzene ring substituents is 1. The monoisotopic (exact) mass is 440 g/mol. The van der Waals surface area contributed by atoms with E-state index in [4.69, 9.17) is 4.74 Å². The van der Waals surface area contributed by atoms with Gasteiger partial charge in [0.15, 0.2) is 0 Å². The lowest BCUT2D eigenvalue weighted by molar-refractivity contribution is -0.385. The fourth-order valence-electron chi connectivity index (χ4n) is 2.88. The van der Waals surface area contributed by atoms with E-state index in [2.05, 4.69) is 0 Å². The quantitative estimate of drug-likeness (QED) is 0.245. The predicted molar refractivity (Wildman–Crippen MR) is 116 cm³/mol. The Bertz CT molecular complexity index is 1240. The number of aryl methyl sites for hydroxylation is 2. The molecule has 160 valence electrons. The molecule has 31 heavy (non-hydrogen) atoms. The molecule has 8 nitrogen and oxygen atoms in total. The molecule has 0 unspecified atom stereocenters. The molecule has 3 aromatic rings. The number of rotatable bonds is 6. The maximum atomic E-state index is 12.8. The van der Waals surface area contributed by atoms with Gasteiger partial charge in [-0.2, -0.15) is 0 Å². The molecule has 3 aromatic carbocycles. The number of carbonyl (C=O) groups excluding carboxylic acids is 1. The summed E-state index contributed by atoms with van der Waals surface area (Å²) >= 11 is 0. The third-order valence-corrected chi connectivity index (χ3v) is 6.52. The van der Waals surface area contributed by atoms with Crippen molar-refractivity contribution in [2.75, 3.05) is 11.4 Å². The van der Waals surface area contributed by atoms with Crippen molar-refractivity contribution in [2.45, 2.75) is 18.7 Å². The molecule has 0 saturated heterocycles. The summed E-state index contributed by atoms with van der Waals surface area (Å²) < 4.78 is 32.0. The molecule has 9 heteroatoms. The zero-order valence-electron chi connectivity index (χ0n) is 17.1. The molecule has 0 bridgehead atoms. The first-order chi connectivity index (χ1) is 14.6. The van der Waals surface area contributed by atoms with Crippen LogP contribution in [0.4, 0.5) is 11.4 Å². The van der Waals surface area contributed by atoms with Gasteiger partial charge in [-0.05, 0) is 62.4 Å². The molecule has 0 radical (unpaired) electrons. The summed E-state index contributed by atoms with van der Waals surface area (Å²) in [6.07, 6.45) is 0. The molecule has 0 aromatic heterocycles. The number of sulfonamides is 1. The molecule has 0 aliphatic rings. The van der Waals surface area contributed by atoms with Crippen LogP contribution in [0.1, 0.15) is 21.5 Å². The average molecular weight is 440 g/mol. The van der Waals surface area contributed by atoms with Gasteiger partial charge < -0.3 is 4.74 Å². The van der Waals surface area contributed by atoms with E-state index < -0.39 is 20.9 Å². The Morgan fingerprint density at radius 3 is 2.13 bits per heavy atom. The first-order valence-electron chi connectivity index (χ1n) is 9.22. The molecular weight excluding hydrogens is 420 g/mol. The summed E-state index contributed by atoms with van der Waals surface area (Å²) in [7, 11) is -2.29. The molecule has 0 N–H and O–H groups in total. The minimum atomic E-state index is -3.73. The predicted octanol–water partition coefficient (Wildman–Crippen LogP) is 4.26. The Balaban J connectivity index is 1.75. The first kappa shape index (κ1) is 22.0. The van der Waals surface area contributed by atoms with Crippen LogP contribution in [0.25, 0.3) is 0 Å². The highest BCUT2D eigenvalue weighted by Gasteiger charge is 2.21. The normalized spacial score (nSPS) is 11.1. The highest BCUT2D eigenvalue weighted by molar-refractivity contribution is 7.92. The van der Waals surface area contributed by atoms with E-state index in [1.807, 2.05) is 6.92 Å². The van der Waals surface area contributed by atoms with Crippen molar-refractivity contribution in [2.24, 2.45) is 0 Å². The second-order valence-electron chi connectivity index (χ2n) is 6.93. The van der Waals surface area contributed by atoms with Gasteiger partial charge in [0.05, 0.1) is 21.1 Å². The first-order valence-corrected chi connectivity index (χ1v) is 10.7. The lowest BCUT2D eigenvalue weighted by Gasteiger charge is -2.20. The molecule has 0 aliphatic carbocycles. The number of hydrogen-bond donors (Lipinski definition) is 0. The summed E-state index contributed by atoms with van der Waals surface area (Å²) in [5.41, 5.74) is 1.78. The van der Waals surface area contributed by atoms with Gasteiger partial charge in [-0.15, -0.1) is 0 Å². The van der Waals surface area contributed by atoms with Crippen LogP contribution in [0.2, 0.25) is 0 Å². The number of benzene rings is 3. The number of hydrogen-bond acceptors (Lipinski definition) is 6. The number of nitrogens with zero attached hydrogens (tertiary/aromatic N) is 2. The number of anilines is 1.